The molecule has 0 aliphatic heterocycles. The van der Waals surface area contributed by atoms with Crippen LogP contribution in [0.15, 0.2) is 35.3 Å². The number of amides is 1. The van der Waals surface area contributed by atoms with E-state index in [2.05, 4.69) is 10.3 Å². The molecule has 0 aliphatic carbocycles. The Kier molecular flexibility index (Phi) is 3.23. The van der Waals surface area contributed by atoms with Crippen LogP contribution in [-0.2, 0) is 11.2 Å². The summed E-state index contributed by atoms with van der Waals surface area (Å²) >= 11 is 0. The molecule has 0 spiro atoms. The van der Waals surface area contributed by atoms with E-state index < -0.39 is 0 Å². The Balaban J connectivity index is 2.00. The van der Waals surface area contributed by atoms with Crippen LogP contribution in [0.1, 0.15) is 16.8 Å². The summed E-state index contributed by atoms with van der Waals surface area (Å²) in [6.07, 6.45) is 3.02. The lowest BCUT2D eigenvalue weighted by atomic mass is 10.1. The Labute approximate surface area is 99.7 Å². The molecule has 1 heterocycles. The lowest BCUT2D eigenvalue weighted by Gasteiger charge is -2.06. The van der Waals surface area contributed by atoms with Gasteiger partial charge in [0.1, 0.15) is 6.26 Å². The SMILES string of the molecule is Cc1ccc(NC(=O)Cc2cocn2)cc1C. The molecule has 17 heavy (non-hydrogen) atoms. The van der Waals surface area contributed by atoms with Crippen LogP contribution in [0.25, 0.3) is 0 Å². The third kappa shape index (κ3) is 2.93. The van der Waals surface area contributed by atoms with Crippen molar-refractivity contribution in [2.75, 3.05) is 5.32 Å². The third-order valence-electron chi connectivity index (χ3n) is 2.62. The number of aryl methyl sites for hydroxylation is 2. The molecule has 4 nitrogen and oxygen atoms in total. The van der Waals surface area contributed by atoms with Crippen LogP contribution in [0.4, 0.5) is 5.69 Å². The predicted octanol–water partition coefficient (Wildman–Crippen LogP) is 2.47. The van der Waals surface area contributed by atoms with E-state index in [0.29, 0.717) is 5.69 Å². The van der Waals surface area contributed by atoms with Gasteiger partial charge in [0.15, 0.2) is 6.39 Å². The van der Waals surface area contributed by atoms with Gasteiger partial charge >= 0.3 is 0 Å². The van der Waals surface area contributed by atoms with Crippen LogP contribution in [0, 0.1) is 13.8 Å². The van der Waals surface area contributed by atoms with Gasteiger partial charge in [0, 0.05) is 5.69 Å². The van der Waals surface area contributed by atoms with Gasteiger partial charge in [-0.3, -0.25) is 4.79 Å². The maximum Gasteiger partial charge on any atom is 0.230 e. The Hall–Kier alpha value is -2.10. The number of aromatic nitrogens is 1. The average Bonchev–Trinajstić information content (AvgIpc) is 2.76. The first-order valence-electron chi connectivity index (χ1n) is 5.39. The van der Waals surface area contributed by atoms with Crippen molar-refractivity contribution in [3.05, 3.63) is 47.7 Å². The summed E-state index contributed by atoms with van der Waals surface area (Å²) in [7, 11) is 0. The zero-order valence-electron chi connectivity index (χ0n) is 9.86. The van der Waals surface area contributed by atoms with E-state index in [-0.39, 0.29) is 12.3 Å². The Morgan fingerprint density at radius 1 is 1.35 bits per heavy atom. The van der Waals surface area contributed by atoms with Crippen LogP contribution in [0.3, 0.4) is 0 Å². The number of rotatable bonds is 3. The first kappa shape index (κ1) is 11.4. The molecule has 2 rings (SSSR count). The molecular formula is C13H14N2O2. The summed E-state index contributed by atoms with van der Waals surface area (Å²) in [5.74, 6) is -0.0952. The molecular weight excluding hydrogens is 216 g/mol. The second-order valence-corrected chi connectivity index (χ2v) is 4.00. The minimum atomic E-state index is -0.0952. The minimum Gasteiger partial charge on any atom is -0.451 e. The van der Waals surface area contributed by atoms with E-state index in [1.165, 1.54) is 18.2 Å². The molecule has 88 valence electrons. The standard InChI is InChI=1S/C13H14N2O2/c1-9-3-4-11(5-10(9)2)15-13(16)6-12-7-17-8-14-12/h3-5,7-8H,6H2,1-2H3,(H,15,16). The van der Waals surface area contributed by atoms with E-state index >= 15 is 0 Å². The highest BCUT2D eigenvalue weighted by molar-refractivity contribution is 5.92. The fourth-order valence-corrected chi connectivity index (χ4v) is 1.51. The molecule has 0 saturated carbocycles. The normalized spacial score (nSPS) is 10.2. The number of hydrogen-bond acceptors (Lipinski definition) is 3. The zero-order valence-corrected chi connectivity index (χ0v) is 9.86. The second kappa shape index (κ2) is 4.82. The van der Waals surface area contributed by atoms with E-state index in [9.17, 15) is 4.79 Å². The highest BCUT2D eigenvalue weighted by Gasteiger charge is 2.06. The van der Waals surface area contributed by atoms with Crippen LogP contribution in [-0.4, -0.2) is 10.9 Å². The van der Waals surface area contributed by atoms with Gasteiger partial charge in [0.05, 0.1) is 12.1 Å². The molecule has 1 aromatic heterocycles. The summed E-state index contributed by atoms with van der Waals surface area (Å²) in [5, 5.41) is 2.83. The van der Waals surface area contributed by atoms with Gasteiger partial charge in [-0.05, 0) is 37.1 Å². The van der Waals surface area contributed by atoms with Gasteiger partial charge in [-0.25, -0.2) is 4.98 Å². The molecule has 1 aromatic carbocycles. The van der Waals surface area contributed by atoms with Crippen molar-refractivity contribution < 1.29 is 9.21 Å². The highest BCUT2D eigenvalue weighted by atomic mass is 16.3. The molecule has 0 radical (unpaired) electrons. The Morgan fingerprint density at radius 3 is 2.82 bits per heavy atom. The lowest BCUT2D eigenvalue weighted by molar-refractivity contribution is -0.115. The number of carbonyl (C=O) groups is 1. The van der Waals surface area contributed by atoms with Crippen molar-refractivity contribution in [3.63, 3.8) is 0 Å². The number of carbonyl (C=O) groups excluding carboxylic acids is 1. The van der Waals surface area contributed by atoms with Crippen LogP contribution in [0.2, 0.25) is 0 Å². The van der Waals surface area contributed by atoms with Gasteiger partial charge in [0.2, 0.25) is 5.91 Å². The van der Waals surface area contributed by atoms with Crippen molar-refractivity contribution >= 4 is 11.6 Å². The van der Waals surface area contributed by atoms with Crippen molar-refractivity contribution in [3.8, 4) is 0 Å². The summed E-state index contributed by atoms with van der Waals surface area (Å²) < 4.78 is 4.81. The van der Waals surface area contributed by atoms with Crippen molar-refractivity contribution in [1.29, 1.82) is 0 Å². The topological polar surface area (TPSA) is 55.1 Å². The summed E-state index contributed by atoms with van der Waals surface area (Å²) in [4.78, 5) is 15.6. The summed E-state index contributed by atoms with van der Waals surface area (Å²) in [5.41, 5.74) is 3.80. The largest absolute Gasteiger partial charge is 0.451 e. The molecule has 0 bridgehead atoms. The molecule has 1 amide bonds. The monoisotopic (exact) mass is 230 g/mol. The number of hydrogen-bond donors (Lipinski definition) is 1. The van der Waals surface area contributed by atoms with Crippen molar-refractivity contribution in [2.24, 2.45) is 0 Å². The number of oxazole rings is 1. The molecule has 1 N–H and O–H groups in total. The van der Waals surface area contributed by atoms with Crippen LogP contribution < -0.4 is 5.32 Å². The van der Waals surface area contributed by atoms with Gasteiger partial charge in [-0.1, -0.05) is 6.07 Å². The van der Waals surface area contributed by atoms with Gasteiger partial charge in [0.25, 0.3) is 0 Å². The minimum absolute atomic E-state index is 0.0952. The molecule has 0 saturated heterocycles. The fourth-order valence-electron chi connectivity index (χ4n) is 1.51. The van der Waals surface area contributed by atoms with E-state index in [0.717, 1.165) is 11.3 Å². The maximum absolute atomic E-state index is 11.7. The van der Waals surface area contributed by atoms with Crippen LogP contribution in [0.5, 0.6) is 0 Å². The lowest BCUT2D eigenvalue weighted by Crippen LogP contribution is -2.14. The smallest absolute Gasteiger partial charge is 0.230 e. The number of benzene rings is 1. The molecule has 2 aromatic rings. The first-order chi connectivity index (χ1) is 8.15. The molecule has 0 atom stereocenters. The number of anilines is 1. The maximum atomic E-state index is 11.7. The van der Waals surface area contributed by atoms with Crippen LogP contribution >= 0.6 is 0 Å². The number of nitrogens with zero attached hydrogens (tertiary/aromatic N) is 1. The molecule has 4 heteroatoms. The van der Waals surface area contributed by atoms with Gasteiger partial charge in [-0.15, -0.1) is 0 Å². The highest BCUT2D eigenvalue weighted by Crippen LogP contribution is 2.14. The third-order valence-corrected chi connectivity index (χ3v) is 2.62. The first-order valence-corrected chi connectivity index (χ1v) is 5.39. The Bertz CT molecular complexity index is 518. The van der Waals surface area contributed by atoms with Crippen molar-refractivity contribution in [1.82, 2.24) is 4.98 Å². The number of nitrogens with one attached hydrogen (secondary N) is 1. The van der Waals surface area contributed by atoms with Gasteiger partial charge < -0.3 is 9.73 Å². The van der Waals surface area contributed by atoms with E-state index in [1.54, 1.807) is 0 Å². The molecule has 0 fully saturated rings. The molecule has 0 aliphatic rings. The average molecular weight is 230 g/mol. The van der Waals surface area contributed by atoms with Crippen molar-refractivity contribution in [2.45, 2.75) is 20.3 Å². The van der Waals surface area contributed by atoms with E-state index in [1.807, 2.05) is 32.0 Å². The quantitative estimate of drug-likeness (QED) is 0.881. The fraction of sp³-hybridized carbons (Fsp3) is 0.231. The van der Waals surface area contributed by atoms with E-state index in [4.69, 9.17) is 4.42 Å². The predicted molar refractivity (Wildman–Crippen MR) is 64.8 cm³/mol. The summed E-state index contributed by atoms with van der Waals surface area (Å²) in [6, 6.07) is 5.83. The Morgan fingerprint density at radius 2 is 2.18 bits per heavy atom. The second-order valence-electron chi connectivity index (χ2n) is 4.00. The summed E-state index contributed by atoms with van der Waals surface area (Å²) in [6.45, 7) is 4.05. The zero-order chi connectivity index (χ0) is 12.3. The van der Waals surface area contributed by atoms with Gasteiger partial charge in [-0.2, -0.15) is 0 Å². The molecule has 0 unspecified atom stereocenters.